The van der Waals surface area contributed by atoms with Gasteiger partial charge in [0.2, 0.25) is 5.88 Å². The summed E-state index contributed by atoms with van der Waals surface area (Å²) in [5, 5.41) is 0. The third-order valence-electron chi connectivity index (χ3n) is 2.53. The fourth-order valence-corrected chi connectivity index (χ4v) is 1.59. The van der Waals surface area contributed by atoms with Crippen molar-refractivity contribution in [3.8, 4) is 5.88 Å². The molecular formula is C9H12N2O3. The van der Waals surface area contributed by atoms with Crippen LogP contribution >= 0.6 is 0 Å². The van der Waals surface area contributed by atoms with Gasteiger partial charge in [0, 0.05) is 13.5 Å². The summed E-state index contributed by atoms with van der Waals surface area (Å²) in [5.74, 6) is 0.352. The summed E-state index contributed by atoms with van der Waals surface area (Å²) >= 11 is 0. The lowest BCUT2D eigenvalue weighted by Crippen LogP contribution is -2.33. The van der Waals surface area contributed by atoms with Gasteiger partial charge in [-0.1, -0.05) is 6.92 Å². The summed E-state index contributed by atoms with van der Waals surface area (Å²) < 4.78 is 6.47. The number of rotatable bonds is 1. The Labute approximate surface area is 80.3 Å². The van der Waals surface area contributed by atoms with E-state index in [2.05, 4.69) is 4.98 Å². The molecule has 0 saturated carbocycles. The van der Waals surface area contributed by atoms with Crippen molar-refractivity contribution in [1.82, 2.24) is 9.55 Å². The number of hydrogen-bond donors (Lipinski definition) is 1. The van der Waals surface area contributed by atoms with Gasteiger partial charge in [0.25, 0.3) is 5.56 Å². The van der Waals surface area contributed by atoms with Crippen LogP contribution in [0.2, 0.25) is 0 Å². The number of nitrogens with one attached hydrogen (secondary N) is 1. The molecule has 76 valence electrons. The SMILES string of the molecule is CC[C@@H]1Cc2c([nH]c(=O)n(C)c2=O)O1. The summed E-state index contributed by atoms with van der Waals surface area (Å²) in [5.41, 5.74) is -0.0934. The topological polar surface area (TPSA) is 64.1 Å². The molecule has 1 N–H and O–H groups in total. The Hall–Kier alpha value is -1.52. The molecular weight excluding hydrogens is 184 g/mol. The molecule has 0 saturated heterocycles. The number of fused-ring (bicyclic) bond motifs is 1. The first-order chi connectivity index (χ1) is 6.63. The molecule has 0 bridgehead atoms. The van der Waals surface area contributed by atoms with E-state index in [0.29, 0.717) is 17.9 Å². The van der Waals surface area contributed by atoms with Gasteiger partial charge < -0.3 is 4.74 Å². The molecule has 0 radical (unpaired) electrons. The van der Waals surface area contributed by atoms with E-state index in [0.717, 1.165) is 11.0 Å². The summed E-state index contributed by atoms with van der Waals surface area (Å²) in [6.45, 7) is 1.99. The van der Waals surface area contributed by atoms with E-state index < -0.39 is 5.69 Å². The third kappa shape index (κ3) is 1.16. The standard InChI is InChI=1S/C9H12N2O3/c1-3-5-4-6-7(14-5)10-9(13)11(2)8(6)12/h5H,3-4H2,1-2H3,(H,10,13)/t5-/m1/s1. The van der Waals surface area contributed by atoms with E-state index in [1.54, 1.807) is 0 Å². The second-order valence-electron chi connectivity index (χ2n) is 3.45. The van der Waals surface area contributed by atoms with Crippen molar-refractivity contribution in [2.75, 3.05) is 0 Å². The van der Waals surface area contributed by atoms with Gasteiger partial charge in [-0.25, -0.2) is 4.79 Å². The second kappa shape index (κ2) is 3.01. The number of aromatic nitrogens is 2. The highest BCUT2D eigenvalue weighted by atomic mass is 16.5. The first-order valence-electron chi connectivity index (χ1n) is 4.62. The van der Waals surface area contributed by atoms with Crippen LogP contribution < -0.4 is 16.0 Å². The highest BCUT2D eigenvalue weighted by molar-refractivity contribution is 5.28. The molecule has 1 aromatic heterocycles. The molecule has 5 nitrogen and oxygen atoms in total. The number of ether oxygens (including phenoxy) is 1. The van der Waals surface area contributed by atoms with Gasteiger partial charge in [-0.2, -0.15) is 0 Å². The van der Waals surface area contributed by atoms with Gasteiger partial charge in [0.05, 0.1) is 5.56 Å². The highest BCUT2D eigenvalue weighted by Gasteiger charge is 2.26. The minimum Gasteiger partial charge on any atom is -0.475 e. The zero-order valence-corrected chi connectivity index (χ0v) is 8.16. The summed E-state index contributed by atoms with van der Waals surface area (Å²) in [6, 6.07) is 0. The van der Waals surface area contributed by atoms with E-state index in [4.69, 9.17) is 4.74 Å². The average molecular weight is 196 g/mol. The zero-order chi connectivity index (χ0) is 10.3. The molecule has 0 spiro atoms. The average Bonchev–Trinajstić information content (AvgIpc) is 2.57. The van der Waals surface area contributed by atoms with Crippen molar-refractivity contribution in [2.45, 2.75) is 25.9 Å². The minimum absolute atomic E-state index is 0.0238. The molecule has 2 rings (SSSR count). The lowest BCUT2D eigenvalue weighted by molar-refractivity contribution is 0.220. The Morgan fingerprint density at radius 2 is 2.29 bits per heavy atom. The lowest BCUT2D eigenvalue weighted by Gasteiger charge is -2.05. The summed E-state index contributed by atoms with van der Waals surface area (Å²) in [6.07, 6.45) is 1.45. The van der Waals surface area contributed by atoms with E-state index >= 15 is 0 Å². The van der Waals surface area contributed by atoms with Gasteiger partial charge in [-0.3, -0.25) is 14.3 Å². The molecule has 0 amide bonds. The largest absolute Gasteiger partial charge is 0.475 e. The van der Waals surface area contributed by atoms with Gasteiger partial charge in [0.1, 0.15) is 6.10 Å². The number of aromatic amines is 1. The molecule has 1 aliphatic heterocycles. The van der Waals surface area contributed by atoms with E-state index in [9.17, 15) is 9.59 Å². The van der Waals surface area contributed by atoms with Crippen molar-refractivity contribution in [1.29, 1.82) is 0 Å². The summed E-state index contributed by atoms with van der Waals surface area (Å²) in [7, 11) is 1.46. The molecule has 2 heterocycles. The first-order valence-corrected chi connectivity index (χ1v) is 4.62. The molecule has 0 aromatic carbocycles. The van der Waals surface area contributed by atoms with Crippen LogP contribution in [-0.2, 0) is 13.5 Å². The van der Waals surface area contributed by atoms with Crippen molar-refractivity contribution >= 4 is 0 Å². The molecule has 0 unspecified atom stereocenters. The minimum atomic E-state index is -0.425. The van der Waals surface area contributed by atoms with Crippen LogP contribution in [0.25, 0.3) is 0 Å². The predicted octanol–water partition coefficient (Wildman–Crippen LogP) is -0.213. The van der Waals surface area contributed by atoms with E-state index in [1.807, 2.05) is 6.92 Å². The van der Waals surface area contributed by atoms with Gasteiger partial charge in [0.15, 0.2) is 0 Å². The van der Waals surface area contributed by atoms with E-state index in [-0.39, 0.29) is 11.7 Å². The van der Waals surface area contributed by atoms with Crippen molar-refractivity contribution in [3.63, 3.8) is 0 Å². The van der Waals surface area contributed by atoms with Crippen LogP contribution in [0, 0.1) is 0 Å². The Balaban J connectivity index is 2.59. The van der Waals surface area contributed by atoms with Crippen molar-refractivity contribution in [3.05, 3.63) is 26.4 Å². The Bertz CT molecular complexity index is 472. The zero-order valence-electron chi connectivity index (χ0n) is 8.16. The third-order valence-corrected chi connectivity index (χ3v) is 2.53. The van der Waals surface area contributed by atoms with Crippen LogP contribution in [0.1, 0.15) is 18.9 Å². The maximum atomic E-state index is 11.6. The van der Waals surface area contributed by atoms with Gasteiger partial charge in [-0.05, 0) is 6.42 Å². The van der Waals surface area contributed by atoms with Crippen molar-refractivity contribution < 1.29 is 4.74 Å². The molecule has 1 aliphatic rings. The molecule has 14 heavy (non-hydrogen) atoms. The molecule has 0 aliphatic carbocycles. The van der Waals surface area contributed by atoms with Crippen LogP contribution in [0.5, 0.6) is 5.88 Å². The maximum Gasteiger partial charge on any atom is 0.330 e. The Morgan fingerprint density at radius 3 is 2.93 bits per heavy atom. The Kier molecular flexibility index (Phi) is 1.94. The van der Waals surface area contributed by atoms with Crippen molar-refractivity contribution in [2.24, 2.45) is 7.05 Å². The lowest BCUT2D eigenvalue weighted by atomic mass is 10.1. The number of nitrogens with zero attached hydrogens (tertiary/aromatic N) is 1. The fourth-order valence-electron chi connectivity index (χ4n) is 1.59. The van der Waals surface area contributed by atoms with Crippen LogP contribution in [0.4, 0.5) is 0 Å². The predicted molar refractivity (Wildman–Crippen MR) is 50.7 cm³/mol. The van der Waals surface area contributed by atoms with E-state index in [1.165, 1.54) is 7.05 Å². The first kappa shape index (κ1) is 9.05. The normalized spacial score (nSPS) is 19.1. The maximum absolute atomic E-state index is 11.6. The number of H-pyrrole nitrogens is 1. The molecule has 0 fully saturated rings. The van der Waals surface area contributed by atoms with Gasteiger partial charge >= 0.3 is 5.69 Å². The van der Waals surface area contributed by atoms with Crippen LogP contribution in [0.15, 0.2) is 9.59 Å². The smallest absolute Gasteiger partial charge is 0.330 e. The monoisotopic (exact) mass is 196 g/mol. The number of hydrogen-bond acceptors (Lipinski definition) is 3. The highest BCUT2D eigenvalue weighted by Crippen LogP contribution is 2.22. The van der Waals surface area contributed by atoms with Crippen LogP contribution in [0.3, 0.4) is 0 Å². The molecule has 1 atom stereocenters. The van der Waals surface area contributed by atoms with Crippen LogP contribution in [-0.4, -0.2) is 15.7 Å². The second-order valence-corrected chi connectivity index (χ2v) is 3.45. The van der Waals surface area contributed by atoms with Gasteiger partial charge in [-0.15, -0.1) is 0 Å². The molecule has 1 aromatic rings. The quantitative estimate of drug-likeness (QED) is 0.675. The molecule has 5 heteroatoms. The summed E-state index contributed by atoms with van der Waals surface area (Å²) in [4.78, 5) is 25.4. The Morgan fingerprint density at radius 1 is 1.57 bits per heavy atom. The fraction of sp³-hybridized carbons (Fsp3) is 0.556.